The van der Waals surface area contributed by atoms with E-state index in [-0.39, 0.29) is 24.4 Å². The molecule has 138 valence electrons. The van der Waals surface area contributed by atoms with Gasteiger partial charge < -0.3 is 19.9 Å². The summed E-state index contributed by atoms with van der Waals surface area (Å²) in [6, 6.07) is 7.62. The average Bonchev–Trinajstić information content (AvgIpc) is 3.21. The summed E-state index contributed by atoms with van der Waals surface area (Å²) >= 11 is 0. The lowest BCUT2D eigenvalue weighted by Crippen LogP contribution is -2.41. The van der Waals surface area contributed by atoms with Gasteiger partial charge in [0.2, 0.25) is 0 Å². The molecule has 1 saturated heterocycles. The number of nitrogens with zero attached hydrogens (tertiary/aromatic N) is 1. The second-order valence-corrected chi connectivity index (χ2v) is 6.42. The lowest BCUT2D eigenvalue weighted by molar-refractivity contribution is 0.0800. The van der Waals surface area contributed by atoms with E-state index in [1.165, 1.54) is 12.1 Å². The number of carbonyl (C=O) groups is 2. The van der Waals surface area contributed by atoms with Gasteiger partial charge in [-0.25, -0.2) is 9.18 Å². The molecule has 0 radical (unpaired) electrons. The maximum absolute atomic E-state index is 12.9. The van der Waals surface area contributed by atoms with Gasteiger partial charge in [-0.15, -0.1) is 0 Å². The molecule has 0 unspecified atom stereocenters. The number of rotatable bonds is 5. The van der Waals surface area contributed by atoms with Crippen LogP contribution < -0.4 is 5.32 Å². The monoisotopic (exact) mass is 359 g/mol. The quantitative estimate of drug-likeness (QED) is 0.862. The van der Waals surface area contributed by atoms with Crippen molar-refractivity contribution in [1.29, 1.82) is 0 Å². The molecule has 1 aliphatic rings. The molecule has 1 aromatic heterocycles. The highest BCUT2D eigenvalue weighted by molar-refractivity contribution is 5.93. The minimum atomic E-state index is -0.357. The van der Waals surface area contributed by atoms with Gasteiger partial charge in [0.15, 0.2) is 0 Å². The van der Waals surface area contributed by atoms with Gasteiger partial charge in [0, 0.05) is 32.0 Å². The van der Waals surface area contributed by atoms with E-state index in [0.29, 0.717) is 31.1 Å². The van der Waals surface area contributed by atoms with Crippen molar-refractivity contribution in [2.24, 2.45) is 5.92 Å². The van der Waals surface area contributed by atoms with Gasteiger partial charge >= 0.3 is 6.09 Å². The average molecular weight is 359 g/mol. The lowest BCUT2D eigenvalue weighted by atomic mass is 9.97. The highest BCUT2D eigenvalue weighted by atomic mass is 19.1. The van der Waals surface area contributed by atoms with Gasteiger partial charge in [-0.05, 0) is 42.5 Å². The Kier molecular flexibility index (Phi) is 5.88. The number of benzene rings is 1. The molecule has 0 spiro atoms. The Morgan fingerprint density at radius 1 is 1.19 bits per heavy atom. The zero-order chi connectivity index (χ0) is 18.4. The number of nitrogens with one attached hydrogen (secondary N) is 2. The number of ether oxygens (including phenoxy) is 1. The van der Waals surface area contributed by atoms with Crippen molar-refractivity contribution in [3.8, 4) is 0 Å². The second-order valence-electron chi connectivity index (χ2n) is 6.42. The van der Waals surface area contributed by atoms with Crippen LogP contribution in [0.1, 0.15) is 28.8 Å². The van der Waals surface area contributed by atoms with Crippen LogP contribution >= 0.6 is 0 Å². The van der Waals surface area contributed by atoms with E-state index in [0.717, 1.165) is 18.4 Å². The van der Waals surface area contributed by atoms with Crippen molar-refractivity contribution >= 4 is 12.0 Å². The number of hydrogen-bond donors (Lipinski definition) is 2. The van der Waals surface area contributed by atoms with Crippen LogP contribution in [0.25, 0.3) is 0 Å². The van der Waals surface area contributed by atoms with E-state index in [1.807, 2.05) is 0 Å². The van der Waals surface area contributed by atoms with Crippen LogP contribution in [0, 0.1) is 11.7 Å². The first-order chi connectivity index (χ1) is 12.6. The molecule has 1 aromatic carbocycles. The smallest absolute Gasteiger partial charge is 0.410 e. The number of H-pyrrole nitrogens is 1. The Morgan fingerprint density at radius 2 is 1.92 bits per heavy atom. The second kappa shape index (κ2) is 8.51. The Balaban J connectivity index is 1.37. The Labute approximate surface area is 151 Å². The number of halogens is 1. The first-order valence-electron chi connectivity index (χ1n) is 8.69. The maximum atomic E-state index is 12.9. The highest BCUT2D eigenvalue weighted by Crippen LogP contribution is 2.18. The van der Waals surface area contributed by atoms with Crippen LogP contribution in [-0.2, 0) is 11.3 Å². The molecule has 0 bridgehead atoms. The number of aromatic amines is 1. The molecule has 0 aliphatic carbocycles. The summed E-state index contributed by atoms with van der Waals surface area (Å²) in [7, 11) is 0. The van der Waals surface area contributed by atoms with Crippen LogP contribution in [0.5, 0.6) is 0 Å². The van der Waals surface area contributed by atoms with Gasteiger partial charge in [-0.2, -0.15) is 0 Å². The van der Waals surface area contributed by atoms with Crippen LogP contribution in [0.3, 0.4) is 0 Å². The van der Waals surface area contributed by atoms with E-state index in [4.69, 9.17) is 4.74 Å². The highest BCUT2D eigenvalue weighted by Gasteiger charge is 2.24. The largest absolute Gasteiger partial charge is 0.445 e. The molecular formula is C19H22FN3O3. The van der Waals surface area contributed by atoms with Crippen LogP contribution in [0.15, 0.2) is 42.7 Å². The first-order valence-corrected chi connectivity index (χ1v) is 8.69. The van der Waals surface area contributed by atoms with Crippen molar-refractivity contribution in [3.05, 3.63) is 59.7 Å². The predicted molar refractivity (Wildman–Crippen MR) is 94.0 cm³/mol. The zero-order valence-electron chi connectivity index (χ0n) is 14.4. The van der Waals surface area contributed by atoms with E-state index in [1.54, 1.807) is 35.5 Å². The minimum Gasteiger partial charge on any atom is -0.445 e. The summed E-state index contributed by atoms with van der Waals surface area (Å²) in [5, 5.41) is 2.93. The standard InChI is InChI=1S/C19H22FN3O3/c20-17-3-1-15(2-4-17)13-26-19(25)23-9-6-14(7-10-23)11-22-18(24)16-5-8-21-12-16/h1-5,8,12,14,21H,6-7,9-11,13H2,(H,22,24). The Hall–Kier alpha value is -2.83. The number of aromatic nitrogens is 1. The van der Waals surface area contributed by atoms with Gasteiger partial charge in [0.25, 0.3) is 5.91 Å². The first kappa shape index (κ1) is 18.0. The third kappa shape index (κ3) is 4.84. The van der Waals surface area contributed by atoms with Gasteiger partial charge in [-0.1, -0.05) is 12.1 Å². The van der Waals surface area contributed by atoms with Gasteiger partial charge in [-0.3, -0.25) is 4.79 Å². The van der Waals surface area contributed by atoms with E-state index < -0.39 is 0 Å². The fraction of sp³-hybridized carbons (Fsp3) is 0.368. The van der Waals surface area contributed by atoms with Crippen LogP contribution in [0.4, 0.5) is 9.18 Å². The molecular weight excluding hydrogens is 337 g/mol. The van der Waals surface area contributed by atoms with Crippen molar-refractivity contribution in [1.82, 2.24) is 15.2 Å². The molecule has 2 N–H and O–H groups in total. The molecule has 26 heavy (non-hydrogen) atoms. The number of hydrogen-bond acceptors (Lipinski definition) is 3. The van der Waals surface area contributed by atoms with E-state index in [9.17, 15) is 14.0 Å². The molecule has 6 nitrogen and oxygen atoms in total. The van der Waals surface area contributed by atoms with Crippen molar-refractivity contribution < 1.29 is 18.7 Å². The van der Waals surface area contributed by atoms with E-state index in [2.05, 4.69) is 10.3 Å². The van der Waals surface area contributed by atoms with Crippen molar-refractivity contribution in [2.75, 3.05) is 19.6 Å². The van der Waals surface area contributed by atoms with Crippen LogP contribution in [-0.4, -0.2) is 41.5 Å². The third-order valence-electron chi connectivity index (χ3n) is 4.56. The number of carbonyl (C=O) groups excluding carboxylic acids is 2. The summed E-state index contributed by atoms with van der Waals surface area (Å²) in [5.41, 5.74) is 1.37. The Bertz CT molecular complexity index is 723. The number of piperidine rings is 1. The van der Waals surface area contributed by atoms with E-state index >= 15 is 0 Å². The topological polar surface area (TPSA) is 74.4 Å². The summed E-state index contributed by atoms with van der Waals surface area (Å²) in [6.45, 7) is 1.94. The summed E-state index contributed by atoms with van der Waals surface area (Å²) in [5.74, 6) is -0.0582. The maximum Gasteiger partial charge on any atom is 0.410 e. The summed E-state index contributed by atoms with van der Waals surface area (Å²) < 4.78 is 18.1. The zero-order valence-corrected chi connectivity index (χ0v) is 14.4. The molecule has 2 heterocycles. The molecule has 1 fully saturated rings. The normalized spacial score (nSPS) is 14.9. The fourth-order valence-electron chi connectivity index (χ4n) is 2.94. The molecule has 2 amide bonds. The molecule has 3 rings (SSSR count). The fourth-order valence-corrected chi connectivity index (χ4v) is 2.94. The SMILES string of the molecule is O=C(NCC1CCN(C(=O)OCc2ccc(F)cc2)CC1)c1cc[nH]c1. The van der Waals surface area contributed by atoms with Gasteiger partial charge in [0.1, 0.15) is 12.4 Å². The summed E-state index contributed by atoms with van der Waals surface area (Å²) in [4.78, 5) is 28.6. The molecule has 7 heteroatoms. The van der Waals surface area contributed by atoms with Crippen molar-refractivity contribution in [3.63, 3.8) is 0 Å². The molecule has 1 aliphatic heterocycles. The molecule has 2 aromatic rings. The van der Waals surface area contributed by atoms with Crippen LogP contribution in [0.2, 0.25) is 0 Å². The minimum absolute atomic E-state index is 0.0904. The predicted octanol–water partition coefficient (Wildman–Crippen LogP) is 2.93. The van der Waals surface area contributed by atoms with Crippen molar-refractivity contribution in [2.45, 2.75) is 19.4 Å². The summed E-state index contributed by atoms with van der Waals surface area (Å²) in [6.07, 6.45) is 4.65. The Morgan fingerprint density at radius 3 is 2.58 bits per heavy atom. The molecule has 0 saturated carbocycles. The number of amides is 2. The lowest BCUT2D eigenvalue weighted by Gasteiger charge is -2.31. The molecule has 0 atom stereocenters. The third-order valence-corrected chi connectivity index (χ3v) is 4.56. The number of likely N-dealkylation sites (tertiary alicyclic amines) is 1. The van der Waals surface area contributed by atoms with Gasteiger partial charge in [0.05, 0.1) is 5.56 Å².